The van der Waals surface area contributed by atoms with Gasteiger partial charge in [-0.25, -0.2) is 19.3 Å². The van der Waals surface area contributed by atoms with Crippen molar-refractivity contribution < 1.29 is 4.39 Å². The van der Waals surface area contributed by atoms with E-state index in [2.05, 4.69) is 62.3 Å². The molecule has 6 nitrogen and oxygen atoms in total. The zero-order valence-corrected chi connectivity index (χ0v) is 19.0. The number of rotatable bonds is 4. The highest BCUT2D eigenvalue weighted by Gasteiger charge is 2.28. The minimum atomic E-state index is -0.260. The van der Waals surface area contributed by atoms with Crippen molar-refractivity contribution >= 4 is 17.5 Å². The van der Waals surface area contributed by atoms with Crippen LogP contribution in [0.2, 0.25) is 0 Å². The average Bonchev–Trinajstić information content (AvgIpc) is 3.53. The Hall–Kier alpha value is -3.87. The van der Waals surface area contributed by atoms with Gasteiger partial charge in [0.1, 0.15) is 23.8 Å². The Morgan fingerprint density at radius 2 is 1.68 bits per heavy atom. The van der Waals surface area contributed by atoms with Gasteiger partial charge in [-0.2, -0.15) is 5.10 Å². The first kappa shape index (κ1) is 20.7. The summed E-state index contributed by atoms with van der Waals surface area (Å²) in [6.45, 7) is 3.90. The highest BCUT2D eigenvalue weighted by molar-refractivity contribution is 5.91. The molecule has 1 aliphatic carbocycles. The molecule has 2 aliphatic rings. The van der Waals surface area contributed by atoms with Crippen LogP contribution < -0.4 is 4.90 Å². The molecule has 7 heteroatoms. The summed E-state index contributed by atoms with van der Waals surface area (Å²) >= 11 is 0. The third-order valence-corrected chi connectivity index (χ3v) is 6.83. The van der Waals surface area contributed by atoms with Crippen LogP contribution in [-0.2, 0) is 6.42 Å². The molecule has 0 atom stereocenters. The molecule has 0 bridgehead atoms. The summed E-state index contributed by atoms with van der Waals surface area (Å²) in [5.41, 5.74) is 6.86. The van der Waals surface area contributed by atoms with E-state index in [4.69, 9.17) is 4.98 Å². The van der Waals surface area contributed by atoms with Gasteiger partial charge in [0.25, 0.3) is 0 Å². The number of aromatic amines is 1. The van der Waals surface area contributed by atoms with Gasteiger partial charge in [0.2, 0.25) is 0 Å². The molecule has 0 radical (unpaired) electrons. The lowest BCUT2D eigenvalue weighted by Gasteiger charge is -2.32. The summed E-state index contributed by atoms with van der Waals surface area (Å²) in [6, 6.07) is 15.0. The van der Waals surface area contributed by atoms with Gasteiger partial charge in [-0.05, 0) is 61.2 Å². The van der Waals surface area contributed by atoms with Gasteiger partial charge in [-0.3, -0.25) is 5.10 Å². The Labute approximate surface area is 197 Å². The van der Waals surface area contributed by atoms with Gasteiger partial charge < -0.3 is 4.90 Å². The fraction of sp³-hybridized carbons (Fsp3) is 0.259. The fourth-order valence-corrected chi connectivity index (χ4v) is 4.87. The number of H-pyrrole nitrogens is 1. The van der Waals surface area contributed by atoms with E-state index in [-0.39, 0.29) is 5.82 Å². The Morgan fingerprint density at radius 3 is 2.44 bits per heavy atom. The topological polar surface area (TPSA) is 70.6 Å². The van der Waals surface area contributed by atoms with Crippen molar-refractivity contribution in [2.75, 3.05) is 18.0 Å². The van der Waals surface area contributed by atoms with E-state index in [0.717, 1.165) is 60.8 Å². The second-order valence-electron chi connectivity index (χ2n) is 9.08. The van der Waals surface area contributed by atoms with Gasteiger partial charge in [-0.15, -0.1) is 0 Å². The van der Waals surface area contributed by atoms with Crippen molar-refractivity contribution in [1.29, 1.82) is 0 Å². The van der Waals surface area contributed by atoms with Crippen molar-refractivity contribution in [2.45, 2.75) is 32.1 Å². The van der Waals surface area contributed by atoms with Crippen molar-refractivity contribution in [1.82, 2.24) is 25.1 Å². The number of nitrogens with zero attached hydrogens (tertiary/aromatic N) is 5. The number of halogens is 1. The highest BCUT2D eigenvalue weighted by atomic mass is 19.1. The van der Waals surface area contributed by atoms with E-state index in [1.54, 1.807) is 18.5 Å². The average molecular weight is 453 g/mol. The molecule has 6 rings (SSSR count). The monoisotopic (exact) mass is 452 g/mol. The van der Waals surface area contributed by atoms with Crippen molar-refractivity contribution in [3.63, 3.8) is 0 Å². The maximum Gasteiger partial charge on any atom is 0.181 e. The number of fused-ring (bicyclic) bond motifs is 1. The predicted octanol–water partition coefficient (Wildman–Crippen LogP) is 5.19. The third-order valence-electron chi connectivity index (χ3n) is 6.83. The van der Waals surface area contributed by atoms with Crippen LogP contribution in [0.25, 0.3) is 23.0 Å². The number of anilines is 1. The molecule has 1 aliphatic heterocycles. The Bertz CT molecular complexity index is 1350. The molecule has 0 spiro atoms. The van der Waals surface area contributed by atoms with Crippen LogP contribution in [-0.4, -0.2) is 38.2 Å². The summed E-state index contributed by atoms with van der Waals surface area (Å²) in [7, 11) is 0. The van der Waals surface area contributed by atoms with E-state index in [1.807, 2.05) is 0 Å². The molecule has 1 fully saturated rings. The molecule has 0 amide bonds. The van der Waals surface area contributed by atoms with Crippen LogP contribution in [0.3, 0.4) is 0 Å². The van der Waals surface area contributed by atoms with Crippen molar-refractivity contribution in [3.05, 3.63) is 88.9 Å². The minimum Gasteiger partial charge on any atom is -0.356 e. The third kappa shape index (κ3) is 3.87. The standard InChI is InChI=1S/C27H25FN6/c1-17-2-4-18(5-3-17)21-14-23-24(15-21)29-16-30-27(23)34-12-10-20(11-13-34)26-31-25(32-33-26)19-6-8-22(28)9-7-19/h2-9,14,16,20H,10-13,15H2,1H3,(H,31,32,33). The summed E-state index contributed by atoms with van der Waals surface area (Å²) < 4.78 is 13.2. The normalized spacial score (nSPS) is 15.9. The molecule has 170 valence electrons. The Morgan fingerprint density at radius 1 is 0.941 bits per heavy atom. The molecular weight excluding hydrogens is 427 g/mol. The number of aryl methyl sites for hydroxylation is 1. The number of hydrogen-bond acceptors (Lipinski definition) is 5. The molecule has 3 heterocycles. The summed E-state index contributed by atoms with van der Waals surface area (Å²) in [4.78, 5) is 16.3. The van der Waals surface area contributed by atoms with E-state index in [9.17, 15) is 4.39 Å². The summed E-state index contributed by atoms with van der Waals surface area (Å²) in [5.74, 6) is 2.58. The second-order valence-corrected chi connectivity index (χ2v) is 9.08. The minimum absolute atomic E-state index is 0.260. The fourth-order valence-electron chi connectivity index (χ4n) is 4.87. The van der Waals surface area contributed by atoms with E-state index in [0.29, 0.717) is 11.7 Å². The predicted molar refractivity (Wildman–Crippen MR) is 131 cm³/mol. The van der Waals surface area contributed by atoms with Crippen LogP contribution in [0, 0.1) is 12.7 Å². The smallest absolute Gasteiger partial charge is 0.181 e. The van der Waals surface area contributed by atoms with E-state index in [1.165, 1.54) is 28.8 Å². The van der Waals surface area contributed by atoms with Crippen LogP contribution >= 0.6 is 0 Å². The summed E-state index contributed by atoms with van der Waals surface area (Å²) in [6.07, 6.45) is 6.72. The SMILES string of the molecule is Cc1ccc(C2=Cc3c(ncnc3N3CCC(c4nc(-c5ccc(F)cc5)n[nH]4)CC3)C2)cc1. The first-order valence-electron chi connectivity index (χ1n) is 11.7. The molecule has 0 saturated carbocycles. The van der Waals surface area contributed by atoms with Gasteiger partial charge >= 0.3 is 0 Å². The van der Waals surface area contributed by atoms with Gasteiger partial charge in [0.15, 0.2) is 5.82 Å². The number of nitrogens with one attached hydrogen (secondary N) is 1. The Kier molecular flexibility index (Phi) is 5.17. The number of benzene rings is 2. The molecule has 2 aromatic carbocycles. The molecule has 0 unspecified atom stereocenters. The zero-order valence-electron chi connectivity index (χ0n) is 19.0. The lowest BCUT2D eigenvalue weighted by molar-refractivity contribution is 0.484. The largest absolute Gasteiger partial charge is 0.356 e. The van der Waals surface area contributed by atoms with Crippen LogP contribution in [0.5, 0.6) is 0 Å². The number of piperidine rings is 1. The second kappa shape index (κ2) is 8.48. The van der Waals surface area contributed by atoms with Crippen LogP contribution in [0.1, 0.15) is 47.0 Å². The highest BCUT2D eigenvalue weighted by Crippen LogP contribution is 2.37. The van der Waals surface area contributed by atoms with Gasteiger partial charge in [-0.1, -0.05) is 29.8 Å². The van der Waals surface area contributed by atoms with Crippen molar-refractivity contribution in [2.24, 2.45) is 0 Å². The zero-order chi connectivity index (χ0) is 23.1. The molecule has 1 N–H and O–H groups in total. The van der Waals surface area contributed by atoms with Gasteiger partial charge in [0.05, 0.1) is 5.69 Å². The lowest BCUT2D eigenvalue weighted by Crippen LogP contribution is -2.34. The molecule has 2 aromatic heterocycles. The molecule has 4 aromatic rings. The number of aromatic nitrogens is 5. The maximum atomic E-state index is 13.2. The molecule has 1 saturated heterocycles. The summed E-state index contributed by atoms with van der Waals surface area (Å²) in [5, 5.41) is 7.46. The number of hydrogen-bond donors (Lipinski definition) is 1. The quantitative estimate of drug-likeness (QED) is 0.461. The van der Waals surface area contributed by atoms with E-state index >= 15 is 0 Å². The first-order valence-corrected chi connectivity index (χ1v) is 11.7. The Balaban J connectivity index is 1.17. The number of allylic oxidation sites excluding steroid dienone is 1. The van der Waals surface area contributed by atoms with Crippen LogP contribution in [0.15, 0.2) is 54.9 Å². The maximum absolute atomic E-state index is 13.2. The lowest BCUT2D eigenvalue weighted by atomic mass is 9.96. The molecular formula is C27H25FN6. The van der Waals surface area contributed by atoms with Crippen LogP contribution in [0.4, 0.5) is 10.2 Å². The van der Waals surface area contributed by atoms with E-state index < -0.39 is 0 Å². The van der Waals surface area contributed by atoms with Gasteiger partial charge in [0, 0.05) is 36.6 Å². The first-order chi connectivity index (χ1) is 16.6. The van der Waals surface area contributed by atoms with Crippen molar-refractivity contribution in [3.8, 4) is 11.4 Å². The molecule has 34 heavy (non-hydrogen) atoms.